The largest absolute Gasteiger partial charge is 0.387 e. The third kappa shape index (κ3) is 3.15. The lowest BCUT2D eigenvalue weighted by atomic mass is 10.2. The zero-order valence-corrected chi connectivity index (χ0v) is 11.4. The summed E-state index contributed by atoms with van der Waals surface area (Å²) < 4.78 is 10.2. The number of hydrogen-bond donors (Lipinski definition) is 3. The number of hydrogen-bond acceptors (Lipinski definition) is 7. The van der Waals surface area contributed by atoms with Crippen LogP contribution in [0, 0.1) is 6.92 Å². The van der Waals surface area contributed by atoms with Gasteiger partial charge in [-0.3, -0.25) is 4.79 Å². The van der Waals surface area contributed by atoms with Crippen LogP contribution in [-0.2, 0) is 9.47 Å². The van der Waals surface area contributed by atoms with E-state index in [2.05, 4.69) is 9.97 Å². The van der Waals surface area contributed by atoms with Gasteiger partial charge in [0.25, 0.3) is 5.56 Å². The molecule has 1 aromatic rings. The van der Waals surface area contributed by atoms with Crippen molar-refractivity contribution < 1.29 is 19.7 Å². The molecule has 1 aliphatic rings. The average molecular weight is 288 g/mol. The fourth-order valence-corrected chi connectivity index (χ4v) is 2.61. The van der Waals surface area contributed by atoms with Crippen molar-refractivity contribution in [1.82, 2.24) is 9.97 Å². The molecule has 3 N–H and O–H groups in total. The van der Waals surface area contributed by atoms with Crippen LogP contribution in [0.4, 0.5) is 0 Å². The molecule has 0 saturated carbocycles. The number of aromatic amines is 1. The van der Waals surface area contributed by atoms with Crippen molar-refractivity contribution in [2.24, 2.45) is 0 Å². The number of ether oxygens (including phenoxy) is 2. The molecule has 1 fully saturated rings. The number of methoxy groups -OCH3 is 1. The lowest BCUT2D eigenvalue weighted by molar-refractivity contribution is -0.145. The summed E-state index contributed by atoms with van der Waals surface area (Å²) in [6, 6.07) is 0. The molecular formula is C11H16N2O5S. The number of thioether (sulfide) groups is 1. The van der Waals surface area contributed by atoms with Gasteiger partial charge in [-0.25, -0.2) is 4.98 Å². The molecule has 0 radical (unpaired) electrons. The predicted molar refractivity (Wildman–Crippen MR) is 68.0 cm³/mol. The van der Waals surface area contributed by atoms with Gasteiger partial charge in [-0.2, -0.15) is 0 Å². The number of aliphatic hydroxyl groups is 2. The maximum atomic E-state index is 11.4. The van der Waals surface area contributed by atoms with Gasteiger partial charge in [0.1, 0.15) is 12.2 Å². The van der Waals surface area contributed by atoms with Crippen LogP contribution in [0.1, 0.15) is 5.56 Å². The highest BCUT2D eigenvalue weighted by Crippen LogP contribution is 2.26. The minimum atomic E-state index is -1.07. The minimum absolute atomic E-state index is 0.194. The Labute approximate surface area is 114 Å². The van der Waals surface area contributed by atoms with Crippen LogP contribution in [0.5, 0.6) is 0 Å². The standard InChI is InChI=1S/C11H16N2O5S/c1-5-3-12-11(13-9(5)16)19-4-6-7(14)8(15)10(17-2)18-6/h3,6-8,10,14-15H,4H2,1-2H3,(H,12,13,16). The molecule has 8 heteroatoms. The van der Waals surface area contributed by atoms with E-state index >= 15 is 0 Å². The predicted octanol–water partition coefficient (Wildman–Crippen LogP) is -0.736. The van der Waals surface area contributed by atoms with E-state index in [-0.39, 0.29) is 5.56 Å². The monoisotopic (exact) mass is 288 g/mol. The normalized spacial score (nSPS) is 30.7. The highest BCUT2D eigenvalue weighted by Gasteiger charge is 2.42. The molecule has 7 nitrogen and oxygen atoms in total. The van der Waals surface area contributed by atoms with Crippen LogP contribution in [0.3, 0.4) is 0 Å². The summed E-state index contributed by atoms with van der Waals surface area (Å²) in [5.41, 5.74) is 0.344. The van der Waals surface area contributed by atoms with E-state index in [1.807, 2.05) is 0 Å². The van der Waals surface area contributed by atoms with Crippen molar-refractivity contribution in [2.45, 2.75) is 36.7 Å². The second-order valence-electron chi connectivity index (χ2n) is 4.27. The Kier molecular flexibility index (Phi) is 4.58. The summed E-state index contributed by atoms with van der Waals surface area (Å²) in [7, 11) is 1.40. The fraction of sp³-hybridized carbons (Fsp3) is 0.636. The second-order valence-corrected chi connectivity index (χ2v) is 5.28. The SMILES string of the molecule is COC1OC(CSc2ncc(C)c(=O)[nH]2)C(O)C1O. The van der Waals surface area contributed by atoms with Gasteiger partial charge in [0.15, 0.2) is 11.4 Å². The van der Waals surface area contributed by atoms with E-state index in [1.54, 1.807) is 6.92 Å². The molecule has 1 saturated heterocycles. The van der Waals surface area contributed by atoms with E-state index in [0.717, 1.165) is 0 Å². The smallest absolute Gasteiger partial charge is 0.254 e. The van der Waals surface area contributed by atoms with Crippen molar-refractivity contribution >= 4 is 11.8 Å². The van der Waals surface area contributed by atoms with E-state index < -0.39 is 24.6 Å². The van der Waals surface area contributed by atoms with Crippen molar-refractivity contribution in [3.05, 3.63) is 22.1 Å². The summed E-state index contributed by atoms with van der Waals surface area (Å²) in [5, 5.41) is 19.8. The quantitative estimate of drug-likeness (QED) is 0.495. The zero-order valence-electron chi connectivity index (χ0n) is 10.6. The molecule has 106 valence electrons. The fourth-order valence-electron chi connectivity index (χ4n) is 1.72. The first kappa shape index (κ1) is 14.5. The van der Waals surface area contributed by atoms with Gasteiger partial charge >= 0.3 is 0 Å². The lowest BCUT2D eigenvalue weighted by Gasteiger charge is -2.12. The van der Waals surface area contributed by atoms with Crippen molar-refractivity contribution in [2.75, 3.05) is 12.9 Å². The Balaban J connectivity index is 1.95. The number of aryl methyl sites for hydroxylation is 1. The molecular weight excluding hydrogens is 272 g/mol. The Morgan fingerprint density at radius 1 is 1.53 bits per heavy atom. The molecule has 4 unspecified atom stereocenters. The first-order valence-electron chi connectivity index (χ1n) is 5.76. The highest BCUT2D eigenvalue weighted by molar-refractivity contribution is 7.99. The second kappa shape index (κ2) is 6.02. The Hall–Kier alpha value is -0.930. The molecule has 19 heavy (non-hydrogen) atoms. The van der Waals surface area contributed by atoms with Crippen molar-refractivity contribution in [1.29, 1.82) is 0 Å². The molecule has 4 atom stereocenters. The molecule has 1 aromatic heterocycles. The van der Waals surface area contributed by atoms with Crippen LogP contribution in [-0.4, -0.2) is 57.6 Å². The van der Waals surface area contributed by atoms with Gasteiger partial charge in [-0.15, -0.1) is 0 Å². The molecule has 0 spiro atoms. The lowest BCUT2D eigenvalue weighted by Crippen LogP contribution is -2.33. The highest BCUT2D eigenvalue weighted by atomic mass is 32.2. The maximum Gasteiger partial charge on any atom is 0.254 e. The van der Waals surface area contributed by atoms with Crippen LogP contribution < -0.4 is 5.56 Å². The molecule has 2 rings (SSSR count). The Morgan fingerprint density at radius 2 is 2.26 bits per heavy atom. The molecule has 2 heterocycles. The van der Waals surface area contributed by atoms with E-state index in [1.165, 1.54) is 25.1 Å². The molecule has 0 bridgehead atoms. The Bertz CT molecular complexity index is 494. The molecule has 0 aromatic carbocycles. The third-order valence-electron chi connectivity index (χ3n) is 2.89. The number of aliphatic hydroxyl groups excluding tert-OH is 2. The maximum absolute atomic E-state index is 11.4. The summed E-state index contributed by atoms with van der Waals surface area (Å²) >= 11 is 1.24. The van der Waals surface area contributed by atoms with Gasteiger partial charge in [-0.1, -0.05) is 11.8 Å². The molecule has 0 aliphatic carbocycles. The number of nitrogens with one attached hydrogen (secondary N) is 1. The van der Waals surface area contributed by atoms with Crippen LogP contribution >= 0.6 is 11.8 Å². The van der Waals surface area contributed by atoms with Gasteiger partial charge in [-0.05, 0) is 6.92 Å². The Morgan fingerprint density at radius 3 is 2.84 bits per heavy atom. The third-order valence-corrected chi connectivity index (χ3v) is 3.87. The molecule has 0 amide bonds. The van der Waals surface area contributed by atoms with E-state index in [0.29, 0.717) is 16.5 Å². The van der Waals surface area contributed by atoms with E-state index in [9.17, 15) is 15.0 Å². The topological polar surface area (TPSA) is 105 Å². The van der Waals surface area contributed by atoms with Gasteiger partial charge in [0, 0.05) is 24.6 Å². The summed E-state index contributed by atoms with van der Waals surface area (Å²) in [6.45, 7) is 1.67. The van der Waals surface area contributed by atoms with Gasteiger partial charge in [0.05, 0.1) is 6.10 Å². The van der Waals surface area contributed by atoms with Crippen LogP contribution in [0.2, 0.25) is 0 Å². The van der Waals surface area contributed by atoms with Gasteiger partial charge < -0.3 is 24.7 Å². The summed E-state index contributed by atoms with van der Waals surface area (Å²) in [4.78, 5) is 18.1. The van der Waals surface area contributed by atoms with Crippen molar-refractivity contribution in [3.8, 4) is 0 Å². The number of H-pyrrole nitrogens is 1. The number of aromatic nitrogens is 2. The zero-order chi connectivity index (χ0) is 14.0. The van der Waals surface area contributed by atoms with Crippen molar-refractivity contribution in [3.63, 3.8) is 0 Å². The molecule has 1 aliphatic heterocycles. The van der Waals surface area contributed by atoms with E-state index in [4.69, 9.17) is 9.47 Å². The first-order valence-corrected chi connectivity index (χ1v) is 6.74. The van der Waals surface area contributed by atoms with Crippen LogP contribution in [0.25, 0.3) is 0 Å². The average Bonchev–Trinajstić information content (AvgIpc) is 2.67. The minimum Gasteiger partial charge on any atom is -0.387 e. The summed E-state index contributed by atoms with van der Waals surface area (Å²) in [5.74, 6) is 0.351. The van der Waals surface area contributed by atoms with Gasteiger partial charge in [0.2, 0.25) is 0 Å². The number of nitrogens with zero attached hydrogens (tertiary/aromatic N) is 1. The van der Waals surface area contributed by atoms with Crippen LogP contribution in [0.15, 0.2) is 16.1 Å². The number of rotatable bonds is 4. The summed E-state index contributed by atoms with van der Waals surface area (Å²) in [6.07, 6.45) is -2.00. The first-order chi connectivity index (χ1) is 9.02.